The van der Waals surface area contributed by atoms with Crippen molar-refractivity contribution in [3.63, 3.8) is 0 Å². The molecule has 0 unspecified atom stereocenters. The number of aryl methyl sites for hydroxylation is 1. The van der Waals surface area contributed by atoms with Crippen LogP contribution in [0, 0.1) is 6.92 Å². The van der Waals surface area contributed by atoms with Gasteiger partial charge in [-0.3, -0.25) is 0 Å². The summed E-state index contributed by atoms with van der Waals surface area (Å²) in [5, 5.41) is 13.1. The van der Waals surface area contributed by atoms with E-state index < -0.39 is 0 Å². The first-order chi connectivity index (χ1) is 18.9. The third kappa shape index (κ3) is 8.17. The summed E-state index contributed by atoms with van der Waals surface area (Å²) >= 11 is 1.79. The van der Waals surface area contributed by atoms with Crippen molar-refractivity contribution in [1.82, 2.24) is 14.8 Å². The van der Waals surface area contributed by atoms with E-state index in [2.05, 4.69) is 60.0 Å². The lowest BCUT2D eigenvalue weighted by Crippen LogP contribution is -2.47. The summed E-state index contributed by atoms with van der Waals surface area (Å²) in [6.07, 6.45) is 1.94. The van der Waals surface area contributed by atoms with E-state index in [0.29, 0.717) is 23.8 Å². The summed E-state index contributed by atoms with van der Waals surface area (Å²) in [6.45, 7) is 14.2. The van der Waals surface area contributed by atoms with Gasteiger partial charge in [-0.05, 0) is 62.1 Å². The maximum Gasteiger partial charge on any atom is 0.173 e. The predicted octanol–water partition coefficient (Wildman–Crippen LogP) is 5.19. The maximum absolute atomic E-state index is 8.95. The number of para-hydroxylation sites is 1. The fourth-order valence-electron chi connectivity index (χ4n) is 4.79. The third-order valence-electron chi connectivity index (χ3n) is 6.91. The molecule has 1 aliphatic heterocycles. The van der Waals surface area contributed by atoms with Crippen molar-refractivity contribution in [2.75, 3.05) is 52.5 Å². The van der Waals surface area contributed by atoms with Crippen LogP contribution in [0.5, 0.6) is 11.5 Å². The number of nitrogens with two attached hydrogens (primary N) is 1. The molecular weight excluding hydrogens is 510 g/mol. The highest BCUT2D eigenvalue weighted by atomic mass is 32.1. The highest BCUT2D eigenvalue weighted by molar-refractivity contribution is 7.12. The molecule has 0 atom stereocenters. The number of thiazole rings is 1. The largest absolute Gasteiger partial charge is 0.494 e. The fourth-order valence-corrected chi connectivity index (χ4v) is 5.74. The van der Waals surface area contributed by atoms with Gasteiger partial charge in [-0.15, -0.1) is 11.3 Å². The van der Waals surface area contributed by atoms with E-state index in [1.165, 1.54) is 4.88 Å². The minimum atomic E-state index is 0.0620. The van der Waals surface area contributed by atoms with Gasteiger partial charge in [0.05, 0.1) is 29.5 Å². The van der Waals surface area contributed by atoms with Gasteiger partial charge < -0.3 is 30.2 Å². The molecule has 0 aliphatic carbocycles. The molecule has 9 heteroatoms. The second-order valence-electron chi connectivity index (χ2n) is 10.2. The zero-order valence-electron chi connectivity index (χ0n) is 23.3. The first kappa shape index (κ1) is 28.9. The van der Waals surface area contributed by atoms with Gasteiger partial charge in [-0.1, -0.05) is 31.1 Å². The van der Waals surface area contributed by atoms with Crippen LogP contribution in [0.4, 0.5) is 0 Å². The van der Waals surface area contributed by atoms with Crippen LogP contribution >= 0.6 is 11.3 Å². The predicted molar refractivity (Wildman–Crippen MR) is 158 cm³/mol. The normalized spacial score (nSPS) is 15.1. The molecule has 4 rings (SSSR count). The van der Waals surface area contributed by atoms with Crippen LogP contribution in [0.2, 0.25) is 0 Å². The summed E-state index contributed by atoms with van der Waals surface area (Å²) in [6, 6.07) is 15.7. The van der Waals surface area contributed by atoms with Crippen molar-refractivity contribution >= 4 is 17.2 Å². The number of hydrogen-bond acceptors (Lipinski definition) is 8. The summed E-state index contributed by atoms with van der Waals surface area (Å²) < 4.78 is 11.9. The number of rotatable bonds is 13. The molecule has 1 saturated heterocycles. The Morgan fingerprint density at radius 3 is 2.21 bits per heavy atom. The SMILES string of the molecule is Cc1nc(-c2ccc(OCCCN3CCN(CCCOc4ccccc4C(N)=NO)CC3)cc2)c(C(C)C)s1. The van der Waals surface area contributed by atoms with Crippen LogP contribution in [0.25, 0.3) is 11.3 Å². The van der Waals surface area contributed by atoms with Gasteiger partial charge in [0.25, 0.3) is 0 Å². The topological polar surface area (TPSA) is 96.4 Å². The average molecular weight is 552 g/mol. The Balaban J connectivity index is 1.10. The number of piperazine rings is 1. The first-order valence-electron chi connectivity index (χ1n) is 13.8. The second-order valence-corrected chi connectivity index (χ2v) is 11.4. The summed E-state index contributed by atoms with van der Waals surface area (Å²) in [7, 11) is 0. The van der Waals surface area contributed by atoms with Gasteiger partial charge in [0.2, 0.25) is 0 Å². The number of hydrogen-bond donors (Lipinski definition) is 2. The summed E-state index contributed by atoms with van der Waals surface area (Å²) in [5.74, 6) is 2.09. The third-order valence-corrected chi connectivity index (χ3v) is 8.18. The number of oxime groups is 1. The molecule has 0 radical (unpaired) electrons. The van der Waals surface area contributed by atoms with E-state index in [-0.39, 0.29) is 5.84 Å². The lowest BCUT2D eigenvalue weighted by Gasteiger charge is -2.34. The molecule has 1 fully saturated rings. The van der Waals surface area contributed by atoms with Crippen LogP contribution in [0.3, 0.4) is 0 Å². The maximum atomic E-state index is 8.95. The molecule has 8 nitrogen and oxygen atoms in total. The quantitative estimate of drug-likeness (QED) is 0.0992. The Hall–Kier alpha value is -3.14. The monoisotopic (exact) mass is 551 g/mol. The summed E-state index contributed by atoms with van der Waals surface area (Å²) in [4.78, 5) is 11.1. The lowest BCUT2D eigenvalue weighted by molar-refractivity contribution is 0.120. The van der Waals surface area contributed by atoms with Crippen LogP contribution in [0.1, 0.15) is 48.1 Å². The van der Waals surface area contributed by atoms with E-state index >= 15 is 0 Å². The molecule has 1 aliphatic rings. The zero-order valence-corrected chi connectivity index (χ0v) is 24.1. The molecule has 2 aromatic carbocycles. The smallest absolute Gasteiger partial charge is 0.173 e. The van der Waals surface area contributed by atoms with Gasteiger partial charge in [0.1, 0.15) is 11.5 Å². The Kier molecular flexibility index (Phi) is 10.6. The van der Waals surface area contributed by atoms with Crippen LogP contribution in [-0.4, -0.2) is 78.3 Å². The molecule has 1 aromatic heterocycles. The van der Waals surface area contributed by atoms with Gasteiger partial charge >= 0.3 is 0 Å². The van der Waals surface area contributed by atoms with Crippen molar-refractivity contribution in [3.05, 3.63) is 64.0 Å². The highest BCUT2D eigenvalue weighted by Gasteiger charge is 2.17. The number of ether oxygens (including phenoxy) is 2. The average Bonchev–Trinajstić information content (AvgIpc) is 3.36. The minimum Gasteiger partial charge on any atom is -0.494 e. The minimum absolute atomic E-state index is 0.0620. The van der Waals surface area contributed by atoms with Crippen molar-refractivity contribution in [2.24, 2.45) is 10.9 Å². The van der Waals surface area contributed by atoms with Crippen molar-refractivity contribution in [2.45, 2.75) is 39.5 Å². The van der Waals surface area contributed by atoms with Crippen molar-refractivity contribution in [3.8, 4) is 22.8 Å². The van der Waals surface area contributed by atoms with E-state index in [1.807, 2.05) is 18.2 Å². The number of aromatic nitrogens is 1. The molecule has 2 heterocycles. The Morgan fingerprint density at radius 2 is 1.59 bits per heavy atom. The molecule has 0 saturated carbocycles. The molecule has 3 aromatic rings. The molecule has 0 amide bonds. The fraction of sp³-hybridized carbons (Fsp3) is 0.467. The number of benzene rings is 2. The van der Waals surface area contributed by atoms with Crippen LogP contribution in [0.15, 0.2) is 53.7 Å². The molecule has 0 spiro atoms. The van der Waals surface area contributed by atoms with E-state index in [1.54, 1.807) is 17.4 Å². The Labute approximate surface area is 236 Å². The van der Waals surface area contributed by atoms with Crippen LogP contribution < -0.4 is 15.2 Å². The molecule has 0 bridgehead atoms. The number of amidine groups is 1. The van der Waals surface area contributed by atoms with E-state index in [4.69, 9.17) is 25.4 Å². The van der Waals surface area contributed by atoms with E-state index in [0.717, 1.165) is 80.7 Å². The molecular formula is C30H41N5O3S. The molecule has 210 valence electrons. The van der Waals surface area contributed by atoms with E-state index in [9.17, 15) is 0 Å². The van der Waals surface area contributed by atoms with Gasteiger partial charge in [-0.2, -0.15) is 0 Å². The molecule has 39 heavy (non-hydrogen) atoms. The van der Waals surface area contributed by atoms with Gasteiger partial charge in [0, 0.05) is 49.7 Å². The van der Waals surface area contributed by atoms with Crippen LogP contribution in [-0.2, 0) is 0 Å². The molecule has 3 N–H and O–H groups in total. The zero-order chi connectivity index (χ0) is 27.6. The lowest BCUT2D eigenvalue weighted by atomic mass is 10.1. The summed E-state index contributed by atoms with van der Waals surface area (Å²) in [5.41, 5.74) is 8.61. The Bertz CT molecular complexity index is 1200. The second kappa shape index (κ2) is 14.3. The standard InChI is InChI=1S/C30H41N5O3S/c1-22(2)29-28(32-23(3)39-29)24-10-12-25(13-11-24)37-20-6-14-34-16-18-35(19-17-34)15-7-21-38-27-9-5-4-8-26(27)30(31)33-36/h4-5,8-13,22,36H,6-7,14-21H2,1-3H3,(H2,31,33). The number of nitrogens with zero attached hydrogens (tertiary/aromatic N) is 4. The van der Waals surface area contributed by atoms with Gasteiger partial charge in [0.15, 0.2) is 5.84 Å². The van der Waals surface area contributed by atoms with Crippen molar-refractivity contribution < 1.29 is 14.7 Å². The first-order valence-corrected chi connectivity index (χ1v) is 14.6. The highest BCUT2D eigenvalue weighted by Crippen LogP contribution is 2.34. The van der Waals surface area contributed by atoms with Gasteiger partial charge in [-0.25, -0.2) is 4.98 Å². The van der Waals surface area contributed by atoms with Crippen molar-refractivity contribution in [1.29, 1.82) is 0 Å². The Morgan fingerprint density at radius 1 is 0.974 bits per heavy atom.